The molecule has 0 nitrogen and oxygen atoms in total. The van der Waals surface area contributed by atoms with E-state index in [1.165, 1.54) is 0 Å². The fourth-order valence-electron chi connectivity index (χ4n) is 1.22. The number of hydrogen-bond acceptors (Lipinski definition) is 0. The normalized spacial score (nSPS) is 28.1. The molecule has 0 fully saturated rings. The summed E-state index contributed by atoms with van der Waals surface area (Å²) in [7, 11) is 0. The molecular formula is C9H16. The SMILES string of the molecule is CC1=CC1C(C)C(C)C. The molecule has 9 heavy (non-hydrogen) atoms. The van der Waals surface area contributed by atoms with Gasteiger partial charge in [0.05, 0.1) is 0 Å². The lowest BCUT2D eigenvalue weighted by Gasteiger charge is -2.14. The van der Waals surface area contributed by atoms with E-state index in [4.69, 9.17) is 0 Å². The van der Waals surface area contributed by atoms with Crippen molar-refractivity contribution in [1.29, 1.82) is 0 Å². The van der Waals surface area contributed by atoms with Crippen LogP contribution in [0.2, 0.25) is 0 Å². The van der Waals surface area contributed by atoms with Gasteiger partial charge < -0.3 is 0 Å². The monoisotopic (exact) mass is 124 g/mol. The minimum atomic E-state index is 0.837. The van der Waals surface area contributed by atoms with E-state index in [0.29, 0.717) is 0 Å². The molecule has 0 aromatic carbocycles. The molecule has 52 valence electrons. The summed E-state index contributed by atoms with van der Waals surface area (Å²) in [6, 6.07) is 0. The number of hydrogen-bond donors (Lipinski definition) is 0. The van der Waals surface area contributed by atoms with Gasteiger partial charge in [-0.2, -0.15) is 0 Å². The molecule has 0 heterocycles. The minimum Gasteiger partial charge on any atom is -0.0776 e. The smallest absolute Gasteiger partial charge is 0.000506 e. The van der Waals surface area contributed by atoms with Crippen LogP contribution in [0, 0.1) is 17.8 Å². The standard InChI is InChI=1S/C9H16/c1-6(2)8(4)9-5-7(9)3/h5-6,8-9H,1-4H3. The molecule has 2 unspecified atom stereocenters. The van der Waals surface area contributed by atoms with Gasteiger partial charge in [0.1, 0.15) is 0 Å². The second-order valence-corrected chi connectivity index (χ2v) is 3.54. The van der Waals surface area contributed by atoms with Crippen LogP contribution in [-0.2, 0) is 0 Å². The molecule has 0 aliphatic heterocycles. The summed E-state index contributed by atoms with van der Waals surface area (Å²) in [5, 5.41) is 0. The Morgan fingerprint density at radius 2 is 1.78 bits per heavy atom. The van der Waals surface area contributed by atoms with Crippen LogP contribution in [0.4, 0.5) is 0 Å². The largest absolute Gasteiger partial charge is 0.0776 e. The van der Waals surface area contributed by atoms with Crippen LogP contribution in [0.25, 0.3) is 0 Å². The van der Waals surface area contributed by atoms with Gasteiger partial charge in [-0.05, 0) is 18.8 Å². The summed E-state index contributed by atoms with van der Waals surface area (Å²) in [5.41, 5.74) is 1.59. The average molecular weight is 124 g/mol. The van der Waals surface area contributed by atoms with Crippen molar-refractivity contribution in [3.8, 4) is 0 Å². The first-order valence-electron chi connectivity index (χ1n) is 3.81. The van der Waals surface area contributed by atoms with E-state index in [-0.39, 0.29) is 0 Å². The maximum absolute atomic E-state index is 2.37. The van der Waals surface area contributed by atoms with E-state index in [0.717, 1.165) is 17.8 Å². The third-order valence-electron chi connectivity index (χ3n) is 2.48. The first-order chi connectivity index (χ1) is 4.13. The maximum atomic E-state index is 2.37. The molecule has 1 rings (SSSR count). The van der Waals surface area contributed by atoms with E-state index in [2.05, 4.69) is 33.8 Å². The van der Waals surface area contributed by atoms with Gasteiger partial charge in [0, 0.05) is 5.92 Å². The molecule has 0 heteroatoms. The topological polar surface area (TPSA) is 0 Å². The number of allylic oxidation sites excluding steroid dienone is 2. The van der Waals surface area contributed by atoms with Crippen molar-refractivity contribution in [3.63, 3.8) is 0 Å². The Morgan fingerprint density at radius 3 is 1.89 bits per heavy atom. The van der Waals surface area contributed by atoms with Crippen molar-refractivity contribution < 1.29 is 0 Å². The van der Waals surface area contributed by atoms with Crippen LogP contribution in [0.3, 0.4) is 0 Å². The van der Waals surface area contributed by atoms with Crippen molar-refractivity contribution in [2.75, 3.05) is 0 Å². The second kappa shape index (κ2) is 2.17. The Balaban J connectivity index is 2.29. The molecular weight excluding hydrogens is 108 g/mol. The Kier molecular flexibility index (Phi) is 1.65. The highest BCUT2D eigenvalue weighted by atomic mass is 14.3. The highest BCUT2D eigenvalue weighted by Crippen LogP contribution is 2.38. The molecule has 2 atom stereocenters. The van der Waals surface area contributed by atoms with Gasteiger partial charge in [0.15, 0.2) is 0 Å². The molecule has 0 aromatic rings. The average Bonchev–Trinajstić information content (AvgIpc) is 2.44. The van der Waals surface area contributed by atoms with Gasteiger partial charge in [0.25, 0.3) is 0 Å². The highest BCUT2D eigenvalue weighted by molar-refractivity contribution is 5.27. The lowest BCUT2D eigenvalue weighted by atomic mass is 9.91. The summed E-state index contributed by atoms with van der Waals surface area (Å²) in [6.07, 6.45) is 2.37. The summed E-state index contributed by atoms with van der Waals surface area (Å²) in [6.45, 7) is 9.15. The molecule has 0 amide bonds. The van der Waals surface area contributed by atoms with Gasteiger partial charge >= 0.3 is 0 Å². The molecule has 0 aromatic heterocycles. The van der Waals surface area contributed by atoms with Crippen LogP contribution in [0.1, 0.15) is 27.7 Å². The van der Waals surface area contributed by atoms with E-state index in [1.807, 2.05) is 0 Å². The lowest BCUT2D eigenvalue weighted by molar-refractivity contribution is 0.385. The van der Waals surface area contributed by atoms with Crippen molar-refractivity contribution in [3.05, 3.63) is 11.6 Å². The summed E-state index contributed by atoms with van der Waals surface area (Å²) in [5.74, 6) is 2.55. The molecule has 0 bridgehead atoms. The van der Waals surface area contributed by atoms with Crippen LogP contribution in [0.5, 0.6) is 0 Å². The van der Waals surface area contributed by atoms with Gasteiger partial charge in [-0.1, -0.05) is 32.4 Å². The lowest BCUT2D eigenvalue weighted by Crippen LogP contribution is -2.07. The quantitative estimate of drug-likeness (QED) is 0.496. The minimum absolute atomic E-state index is 0.837. The van der Waals surface area contributed by atoms with Crippen LogP contribution in [-0.4, -0.2) is 0 Å². The van der Waals surface area contributed by atoms with E-state index >= 15 is 0 Å². The zero-order chi connectivity index (χ0) is 7.02. The number of rotatable bonds is 2. The molecule has 0 N–H and O–H groups in total. The van der Waals surface area contributed by atoms with E-state index < -0.39 is 0 Å². The zero-order valence-corrected chi connectivity index (χ0v) is 6.81. The first kappa shape index (κ1) is 6.85. The van der Waals surface area contributed by atoms with Crippen molar-refractivity contribution >= 4 is 0 Å². The Morgan fingerprint density at radius 1 is 1.33 bits per heavy atom. The molecule has 1 aliphatic carbocycles. The molecule has 0 radical (unpaired) electrons. The summed E-state index contributed by atoms with van der Waals surface area (Å²) in [4.78, 5) is 0. The van der Waals surface area contributed by atoms with Crippen molar-refractivity contribution in [2.45, 2.75) is 27.7 Å². The third kappa shape index (κ3) is 1.35. The highest BCUT2D eigenvalue weighted by Gasteiger charge is 2.27. The fraction of sp³-hybridized carbons (Fsp3) is 0.778. The van der Waals surface area contributed by atoms with E-state index in [9.17, 15) is 0 Å². The molecule has 0 saturated heterocycles. The Labute approximate surface area is 58.0 Å². The third-order valence-corrected chi connectivity index (χ3v) is 2.48. The summed E-state index contributed by atoms with van der Waals surface area (Å²) >= 11 is 0. The van der Waals surface area contributed by atoms with Crippen molar-refractivity contribution in [1.82, 2.24) is 0 Å². The summed E-state index contributed by atoms with van der Waals surface area (Å²) < 4.78 is 0. The Hall–Kier alpha value is -0.260. The predicted molar refractivity (Wildman–Crippen MR) is 41.2 cm³/mol. The van der Waals surface area contributed by atoms with E-state index in [1.54, 1.807) is 5.57 Å². The van der Waals surface area contributed by atoms with Gasteiger partial charge in [-0.15, -0.1) is 0 Å². The fourth-order valence-corrected chi connectivity index (χ4v) is 1.22. The predicted octanol–water partition coefficient (Wildman–Crippen LogP) is 2.85. The van der Waals surface area contributed by atoms with Gasteiger partial charge in [-0.3, -0.25) is 0 Å². The van der Waals surface area contributed by atoms with Crippen LogP contribution < -0.4 is 0 Å². The molecule has 0 saturated carbocycles. The Bertz CT molecular complexity index is 131. The van der Waals surface area contributed by atoms with Gasteiger partial charge in [0.2, 0.25) is 0 Å². The molecule has 0 spiro atoms. The van der Waals surface area contributed by atoms with Crippen LogP contribution in [0.15, 0.2) is 11.6 Å². The van der Waals surface area contributed by atoms with Crippen molar-refractivity contribution in [2.24, 2.45) is 17.8 Å². The molecule has 1 aliphatic rings. The van der Waals surface area contributed by atoms with Gasteiger partial charge in [-0.25, -0.2) is 0 Å². The zero-order valence-electron chi connectivity index (χ0n) is 6.81. The second-order valence-electron chi connectivity index (χ2n) is 3.54. The van der Waals surface area contributed by atoms with Crippen LogP contribution >= 0.6 is 0 Å². The first-order valence-corrected chi connectivity index (χ1v) is 3.81. The maximum Gasteiger partial charge on any atom is 0.000506 e.